The van der Waals surface area contributed by atoms with Crippen molar-refractivity contribution >= 4 is 17.5 Å². The van der Waals surface area contributed by atoms with Gasteiger partial charge in [-0.25, -0.2) is 4.98 Å². The Morgan fingerprint density at radius 2 is 2.28 bits per heavy atom. The minimum atomic E-state index is -0.0865. The molecule has 1 unspecified atom stereocenters. The molecule has 1 atom stereocenters. The second-order valence-electron chi connectivity index (χ2n) is 4.74. The number of likely N-dealkylation sites (tertiary alicyclic amines) is 1. The Morgan fingerprint density at radius 1 is 1.50 bits per heavy atom. The lowest BCUT2D eigenvalue weighted by atomic mass is 10.0. The third kappa shape index (κ3) is 2.97. The van der Waals surface area contributed by atoms with Gasteiger partial charge in [-0.2, -0.15) is 0 Å². The molecule has 0 spiro atoms. The third-order valence-electron chi connectivity index (χ3n) is 3.24. The highest BCUT2D eigenvalue weighted by molar-refractivity contribution is 6.29. The molecule has 18 heavy (non-hydrogen) atoms. The molecule has 1 saturated heterocycles. The van der Waals surface area contributed by atoms with E-state index in [1.54, 1.807) is 0 Å². The van der Waals surface area contributed by atoms with Gasteiger partial charge in [-0.15, -0.1) is 0 Å². The Balaban J connectivity index is 2.09. The van der Waals surface area contributed by atoms with Gasteiger partial charge in [0.15, 0.2) is 0 Å². The first-order valence-corrected chi connectivity index (χ1v) is 6.39. The number of likely N-dealkylation sites (N-methyl/N-ethyl adjacent to an activating group) is 1. The number of nitrogens with zero attached hydrogens (tertiary/aromatic N) is 4. The monoisotopic (exact) mass is 268 g/mol. The minimum absolute atomic E-state index is 0.0865. The van der Waals surface area contributed by atoms with E-state index in [0.717, 1.165) is 25.9 Å². The second kappa shape index (κ2) is 5.63. The predicted octanol–water partition coefficient (Wildman–Crippen LogP) is 1.30. The summed E-state index contributed by atoms with van der Waals surface area (Å²) in [6.45, 7) is 1.51. The van der Waals surface area contributed by atoms with Crippen LogP contribution in [0.15, 0.2) is 12.4 Å². The van der Waals surface area contributed by atoms with Gasteiger partial charge in [-0.1, -0.05) is 11.6 Å². The number of carbonyl (C=O) groups is 1. The molecule has 5 nitrogen and oxygen atoms in total. The quantitative estimate of drug-likeness (QED) is 0.811. The van der Waals surface area contributed by atoms with Gasteiger partial charge in [0.1, 0.15) is 10.8 Å². The van der Waals surface area contributed by atoms with Crippen LogP contribution in [-0.2, 0) is 0 Å². The number of hydrogen-bond acceptors (Lipinski definition) is 4. The molecule has 0 N–H and O–H groups in total. The average Bonchev–Trinajstić information content (AvgIpc) is 2.38. The molecular weight excluding hydrogens is 252 g/mol. The topological polar surface area (TPSA) is 49.3 Å². The third-order valence-corrected chi connectivity index (χ3v) is 3.42. The van der Waals surface area contributed by atoms with Gasteiger partial charge < -0.3 is 9.80 Å². The maximum atomic E-state index is 12.3. The van der Waals surface area contributed by atoms with E-state index in [4.69, 9.17) is 11.6 Å². The van der Waals surface area contributed by atoms with Gasteiger partial charge in [-0.3, -0.25) is 9.78 Å². The zero-order chi connectivity index (χ0) is 13.1. The van der Waals surface area contributed by atoms with Crippen LogP contribution < -0.4 is 0 Å². The number of rotatable bonds is 2. The van der Waals surface area contributed by atoms with Gasteiger partial charge >= 0.3 is 0 Å². The molecule has 0 saturated carbocycles. The number of carbonyl (C=O) groups excluding carboxylic acids is 1. The van der Waals surface area contributed by atoms with Gasteiger partial charge in [0.2, 0.25) is 0 Å². The molecule has 1 fully saturated rings. The first-order chi connectivity index (χ1) is 8.58. The maximum absolute atomic E-state index is 12.3. The first kappa shape index (κ1) is 13.2. The van der Waals surface area contributed by atoms with E-state index in [2.05, 4.69) is 14.9 Å². The maximum Gasteiger partial charge on any atom is 0.274 e. The lowest BCUT2D eigenvalue weighted by Crippen LogP contribution is -2.47. The van der Waals surface area contributed by atoms with Gasteiger partial charge in [0, 0.05) is 19.1 Å². The van der Waals surface area contributed by atoms with Crippen molar-refractivity contribution in [3.63, 3.8) is 0 Å². The van der Waals surface area contributed by atoms with E-state index in [9.17, 15) is 4.79 Å². The number of halogens is 1. The number of hydrogen-bond donors (Lipinski definition) is 0. The Morgan fingerprint density at radius 3 is 2.94 bits per heavy atom. The van der Waals surface area contributed by atoms with Crippen LogP contribution in [0.25, 0.3) is 0 Å². The minimum Gasteiger partial charge on any atom is -0.336 e. The molecule has 2 rings (SSSR count). The fraction of sp³-hybridized carbons (Fsp3) is 0.583. The summed E-state index contributed by atoms with van der Waals surface area (Å²) in [6.07, 6.45) is 5.03. The largest absolute Gasteiger partial charge is 0.336 e. The van der Waals surface area contributed by atoms with Crippen LogP contribution in [-0.4, -0.2) is 58.9 Å². The van der Waals surface area contributed by atoms with Crippen molar-refractivity contribution in [2.45, 2.75) is 18.9 Å². The van der Waals surface area contributed by atoms with E-state index in [1.165, 1.54) is 12.4 Å². The fourth-order valence-electron chi connectivity index (χ4n) is 2.17. The van der Waals surface area contributed by atoms with Gasteiger partial charge in [-0.05, 0) is 26.9 Å². The summed E-state index contributed by atoms with van der Waals surface area (Å²) in [4.78, 5) is 24.2. The van der Waals surface area contributed by atoms with Crippen molar-refractivity contribution in [3.05, 3.63) is 23.2 Å². The lowest BCUT2D eigenvalue weighted by Gasteiger charge is -2.35. The molecule has 1 amide bonds. The Hall–Kier alpha value is -1.20. The van der Waals surface area contributed by atoms with Gasteiger partial charge in [0.25, 0.3) is 5.91 Å². The van der Waals surface area contributed by atoms with Crippen molar-refractivity contribution in [1.82, 2.24) is 19.8 Å². The standard InChI is InChI=1S/C12H17ClN4O/c1-16(2)9-4-3-5-17(8-9)12(18)10-6-14-7-11(13)15-10/h6-7,9H,3-5,8H2,1-2H3. The highest BCUT2D eigenvalue weighted by atomic mass is 35.5. The van der Waals surface area contributed by atoms with Crippen LogP contribution >= 0.6 is 11.6 Å². The zero-order valence-corrected chi connectivity index (χ0v) is 11.4. The molecule has 0 bridgehead atoms. The fourth-order valence-corrected chi connectivity index (χ4v) is 2.32. The molecule has 1 aromatic heterocycles. The summed E-state index contributed by atoms with van der Waals surface area (Å²) in [5, 5.41) is 0.252. The molecule has 2 heterocycles. The highest BCUT2D eigenvalue weighted by Crippen LogP contribution is 2.16. The van der Waals surface area contributed by atoms with E-state index in [0.29, 0.717) is 11.7 Å². The van der Waals surface area contributed by atoms with Crippen LogP contribution in [0, 0.1) is 0 Å². The summed E-state index contributed by atoms with van der Waals surface area (Å²) < 4.78 is 0. The van der Waals surface area contributed by atoms with Crippen molar-refractivity contribution in [2.75, 3.05) is 27.2 Å². The first-order valence-electron chi connectivity index (χ1n) is 6.01. The Kier molecular flexibility index (Phi) is 4.14. The Labute approximate surface area is 112 Å². The molecule has 0 radical (unpaired) electrons. The van der Waals surface area contributed by atoms with Crippen molar-refractivity contribution in [1.29, 1.82) is 0 Å². The predicted molar refractivity (Wildman–Crippen MR) is 69.7 cm³/mol. The van der Waals surface area contributed by atoms with E-state index in [1.807, 2.05) is 19.0 Å². The zero-order valence-electron chi connectivity index (χ0n) is 10.6. The summed E-state index contributed by atoms with van der Waals surface area (Å²) >= 11 is 5.75. The number of amides is 1. The molecular formula is C12H17ClN4O. The molecule has 0 aliphatic carbocycles. The molecule has 1 aliphatic heterocycles. The SMILES string of the molecule is CN(C)C1CCCN(C(=O)c2cncc(Cl)n2)C1. The smallest absolute Gasteiger partial charge is 0.274 e. The van der Waals surface area contributed by atoms with Crippen LogP contribution in [0.2, 0.25) is 5.15 Å². The van der Waals surface area contributed by atoms with Crippen LogP contribution in [0.4, 0.5) is 0 Å². The van der Waals surface area contributed by atoms with Crippen LogP contribution in [0.5, 0.6) is 0 Å². The van der Waals surface area contributed by atoms with E-state index in [-0.39, 0.29) is 11.1 Å². The molecule has 0 aromatic carbocycles. The lowest BCUT2D eigenvalue weighted by molar-refractivity contribution is 0.0629. The normalized spacial score (nSPS) is 20.2. The Bertz CT molecular complexity index is 438. The van der Waals surface area contributed by atoms with Crippen molar-refractivity contribution in [3.8, 4) is 0 Å². The second-order valence-corrected chi connectivity index (χ2v) is 5.13. The average molecular weight is 269 g/mol. The summed E-state index contributed by atoms with van der Waals surface area (Å²) in [6, 6.07) is 0.412. The molecule has 6 heteroatoms. The highest BCUT2D eigenvalue weighted by Gasteiger charge is 2.26. The number of piperidine rings is 1. The summed E-state index contributed by atoms with van der Waals surface area (Å²) in [5.74, 6) is -0.0865. The molecule has 1 aromatic rings. The van der Waals surface area contributed by atoms with E-state index >= 15 is 0 Å². The van der Waals surface area contributed by atoms with Crippen molar-refractivity contribution in [2.24, 2.45) is 0 Å². The van der Waals surface area contributed by atoms with Crippen LogP contribution in [0.1, 0.15) is 23.3 Å². The molecule has 98 valence electrons. The summed E-state index contributed by atoms with van der Waals surface area (Å²) in [7, 11) is 4.08. The van der Waals surface area contributed by atoms with Crippen LogP contribution in [0.3, 0.4) is 0 Å². The van der Waals surface area contributed by atoms with Gasteiger partial charge in [0.05, 0.1) is 12.4 Å². The number of aromatic nitrogens is 2. The van der Waals surface area contributed by atoms with E-state index < -0.39 is 0 Å². The van der Waals surface area contributed by atoms with Crippen molar-refractivity contribution < 1.29 is 4.79 Å². The molecule has 1 aliphatic rings. The summed E-state index contributed by atoms with van der Waals surface area (Å²) in [5.41, 5.74) is 0.321.